The van der Waals surface area contributed by atoms with E-state index in [1.54, 1.807) is 0 Å². The summed E-state index contributed by atoms with van der Waals surface area (Å²) in [5.41, 5.74) is 2.80. The zero-order valence-electron chi connectivity index (χ0n) is 13.9. The van der Waals surface area contributed by atoms with Crippen LogP contribution in [0.2, 0.25) is 0 Å². The fourth-order valence-corrected chi connectivity index (χ4v) is 4.40. The number of fused-ring (bicyclic) bond motifs is 2. The minimum absolute atomic E-state index is 0.0713. The first-order chi connectivity index (χ1) is 11.7. The lowest BCUT2D eigenvalue weighted by Crippen LogP contribution is -2.39. The van der Waals surface area contributed by atoms with E-state index in [4.69, 9.17) is 0 Å². The van der Waals surface area contributed by atoms with Crippen molar-refractivity contribution in [3.05, 3.63) is 23.8 Å². The summed E-state index contributed by atoms with van der Waals surface area (Å²) in [5, 5.41) is 9.51. The van der Waals surface area contributed by atoms with Crippen LogP contribution in [-0.4, -0.2) is 23.9 Å². The molecule has 1 aliphatic carbocycles. The first-order valence-corrected chi connectivity index (χ1v) is 9.19. The average Bonchev–Trinajstić information content (AvgIpc) is 2.92. The molecule has 2 heterocycles. The Morgan fingerprint density at radius 1 is 1.12 bits per heavy atom. The molecule has 1 aromatic rings. The number of nitrogens with one attached hydrogen (secondary N) is 3. The van der Waals surface area contributed by atoms with Gasteiger partial charge in [-0.2, -0.15) is 0 Å². The molecule has 1 aromatic carbocycles. The lowest BCUT2D eigenvalue weighted by molar-refractivity contribution is -0.118. The summed E-state index contributed by atoms with van der Waals surface area (Å²) in [6, 6.07) is 6.23. The summed E-state index contributed by atoms with van der Waals surface area (Å²) in [6.45, 7) is 0. The first kappa shape index (κ1) is 15.6. The number of carbonyl (C=O) groups excluding carboxylic acids is 2. The van der Waals surface area contributed by atoms with Crippen molar-refractivity contribution >= 4 is 23.2 Å². The molecule has 0 bridgehead atoms. The van der Waals surface area contributed by atoms with Crippen LogP contribution in [0, 0.1) is 5.92 Å². The highest BCUT2D eigenvalue weighted by Crippen LogP contribution is 2.33. The SMILES string of the molecule is O=C1CCCc2cc(NC(=O)C3CC4CCCCC4N3)ccc2N1. The maximum absolute atomic E-state index is 12.6. The summed E-state index contributed by atoms with van der Waals surface area (Å²) in [4.78, 5) is 24.2. The fraction of sp³-hybridized carbons (Fsp3) is 0.579. The molecule has 5 heteroatoms. The van der Waals surface area contributed by atoms with Gasteiger partial charge in [-0.05, 0) is 61.8 Å². The standard InChI is InChI=1S/C19H25N3O2/c23-18-7-3-5-12-10-14(8-9-16(12)22-18)20-19(24)17-11-13-4-1-2-6-15(13)21-17/h8-10,13,15,17,21H,1-7,11H2,(H,20,24)(H,22,23). The molecule has 24 heavy (non-hydrogen) atoms. The summed E-state index contributed by atoms with van der Waals surface area (Å²) in [7, 11) is 0. The molecule has 3 N–H and O–H groups in total. The zero-order valence-corrected chi connectivity index (χ0v) is 13.9. The average molecular weight is 327 g/mol. The third-order valence-corrected chi connectivity index (χ3v) is 5.68. The molecule has 128 valence electrons. The molecule has 2 amide bonds. The topological polar surface area (TPSA) is 70.2 Å². The number of rotatable bonds is 2. The van der Waals surface area contributed by atoms with Crippen LogP contribution < -0.4 is 16.0 Å². The number of aryl methyl sites for hydroxylation is 1. The molecule has 0 radical (unpaired) electrons. The van der Waals surface area contributed by atoms with Crippen LogP contribution in [0.5, 0.6) is 0 Å². The number of benzene rings is 1. The van der Waals surface area contributed by atoms with Crippen molar-refractivity contribution in [1.82, 2.24) is 5.32 Å². The van der Waals surface area contributed by atoms with Crippen LogP contribution in [0.4, 0.5) is 11.4 Å². The lowest BCUT2D eigenvalue weighted by atomic mass is 9.85. The van der Waals surface area contributed by atoms with Gasteiger partial charge in [0.05, 0.1) is 6.04 Å². The quantitative estimate of drug-likeness (QED) is 0.782. The first-order valence-electron chi connectivity index (χ1n) is 9.19. The van der Waals surface area contributed by atoms with Gasteiger partial charge in [0.2, 0.25) is 11.8 Å². The smallest absolute Gasteiger partial charge is 0.241 e. The molecule has 2 fully saturated rings. The third kappa shape index (κ3) is 3.18. The summed E-state index contributed by atoms with van der Waals surface area (Å²) in [5.74, 6) is 0.807. The van der Waals surface area contributed by atoms with Gasteiger partial charge < -0.3 is 16.0 Å². The van der Waals surface area contributed by atoms with Gasteiger partial charge in [0, 0.05) is 23.8 Å². The van der Waals surface area contributed by atoms with Crippen LogP contribution in [0.1, 0.15) is 50.5 Å². The Bertz CT molecular complexity index is 644. The Labute approximate surface area is 142 Å². The molecule has 4 rings (SSSR count). The second-order valence-corrected chi connectivity index (χ2v) is 7.37. The second kappa shape index (κ2) is 6.55. The van der Waals surface area contributed by atoms with Crippen LogP contribution in [0.25, 0.3) is 0 Å². The number of hydrogen-bond donors (Lipinski definition) is 3. The second-order valence-electron chi connectivity index (χ2n) is 7.37. The Kier molecular flexibility index (Phi) is 4.27. The molecular weight excluding hydrogens is 302 g/mol. The zero-order chi connectivity index (χ0) is 16.5. The van der Waals surface area contributed by atoms with Crippen molar-refractivity contribution in [2.75, 3.05) is 10.6 Å². The molecule has 3 atom stereocenters. The molecule has 3 unspecified atom stereocenters. The highest BCUT2D eigenvalue weighted by Gasteiger charge is 2.38. The van der Waals surface area contributed by atoms with Crippen molar-refractivity contribution in [2.45, 2.75) is 63.5 Å². The largest absolute Gasteiger partial charge is 0.326 e. The Balaban J connectivity index is 1.43. The van der Waals surface area contributed by atoms with Gasteiger partial charge in [0.15, 0.2) is 0 Å². The maximum atomic E-state index is 12.6. The minimum atomic E-state index is -0.0726. The van der Waals surface area contributed by atoms with Gasteiger partial charge in [-0.15, -0.1) is 0 Å². The Hall–Kier alpha value is -1.88. The van der Waals surface area contributed by atoms with Crippen LogP contribution in [0.3, 0.4) is 0 Å². The molecule has 1 saturated carbocycles. The van der Waals surface area contributed by atoms with Crippen LogP contribution in [-0.2, 0) is 16.0 Å². The van der Waals surface area contributed by atoms with Gasteiger partial charge >= 0.3 is 0 Å². The predicted molar refractivity (Wildman–Crippen MR) is 93.9 cm³/mol. The van der Waals surface area contributed by atoms with E-state index in [0.717, 1.165) is 36.2 Å². The van der Waals surface area contributed by atoms with E-state index in [2.05, 4.69) is 16.0 Å². The van der Waals surface area contributed by atoms with E-state index in [1.807, 2.05) is 18.2 Å². The van der Waals surface area contributed by atoms with E-state index in [9.17, 15) is 9.59 Å². The fourth-order valence-electron chi connectivity index (χ4n) is 4.40. The van der Waals surface area contributed by atoms with Crippen molar-refractivity contribution in [3.8, 4) is 0 Å². The van der Waals surface area contributed by atoms with Crippen molar-refractivity contribution in [3.63, 3.8) is 0 Å². The van der Waals surface area contributed by atoms with E-state index in [1.165, 1.54) is 25.7 Å². The van der Waals surface area contributed by atoms with Crippen molar-refractivity contribution in [1.29, 1.82) is 0 Å². The van der Waals surface area contributed by atoms with E-state index >= 15 is 0 Å². The van der Waals surface area contributed by atoms with E-state index in [-0.39, 0.29) is 17.9 Å². The lowest BCUT2D eigenvalue weighted by Gasteiger charge is -2.24. The normalized spacial score (nSPS) is 29.2. The monoisotopic (exact) mass is 327 g/mol. The minimum Gasteiger partial charge on any atom is -0.326 e. The summed E-state index contributed by atoms with van der Waals surface area (Å²) >= 11 is 0. The van der Waals surface area contributed by atoms with Crippen LogP contribution in [0.15, 0.2) is 18.2 Å². The molecule has 2 aliphatic heterocycles. The van der Waals surface area contributed by atoms with Gasteiger partial charge in [-0.1, -0.05) is 12.8 Å². The van der Waals surface area contributed by atoms with E-state index < -0.39 is 0 Å². The number of hydrogen-bond acceptors (Lipinski definition) is 3. The summed E-state index contributed by atoms with van der Waals surface area (Å²) in [6.07, 6.45) is 8.26. The molecule has 0 spiro atoms. The van der Waals surface area contributed by atoms with Crippen molar-refractivity contribution < 1.29 is 9.59 Å². The highest BCUT2D eigenvalue weighted by atomic mass is 16.2. The third-order valence-electron chi connectivity index (χ3n) is 5.68. The van der Waals surface area contributed by atoms with Gasteiger partial charge in [0.25, 0.3) is 0 Å². The Morgan fingerprint density at radius 3 is 2.88 bits per heavy atom. The molecule has 0 aromatic heterocycles. The van der Waals surface area contributed by atoms with Gasteiger partial charge in [-0.25, -0.2) is 0 Å². The molecule has 5 nitrogen and oxygen atoms in total. The van der Waals surface area contributed by atoms with Gasteiger partial charge in [-0.3, -0.25) is 9.59 Å². The number of carbonyl (C=O) groups is 2. The predicted octanol–water partition coefficient (Wildman–Crippen LogP) is 2.82. The maximum Gasteiger partial charge on any atom is 0.241 e. The molecule has 1 saturated heterocycles. The number of anilines is 2. The molecule has 3 aliphatic rings. The van der Waals surface area contributed by atoms with Gasteiger partial charge in [0.1, 0.15) is 0 Å². The summed E-state index contributed by atoms with van der Waals surface area (Å²) < 4.78 is 0. The molecular formula is C19H25N3O2. The number of amides is 2. The van der Waals surface area contributed by atoms with E-state index in [0.29, 0.717) is 18.4 Å². The van der Waals surface area contributed by atoms with Crippen LogP contribution >= 0.6 is 0 Å². The van der Waals surface area contributed by atoms with Crippen molar-refractivity contribution in [2.24, 2.45) is 5.92 Å². The highest BCUT2D eigenvalue weighted by molar-refractivity contribution is 5.96. The Morgan fingerprint density at radius 2 is 2.00 bits per heavy atom.